The molecule has 0 saturated heterocycles. The monoisotopic (exact) mass is 416 g/mol. The number of aryl methyl sites for hydroxylation is 1. The van der Waals surface area contributed by atoms with Crippen molar-refractivity contribution in [1.82, 2.24) is 0 Å². The fourth-order valence-corrected chi connectivity index (χ4v) is 4.13. The first-order valence-electron chi connectivity index (χ1n) is 8.34. The zero-order chi connectivity index (χ0) is 15.7. The molecule has 1 heterocycles. The molecule has 0 aromatic heterocycles. The molecule has 0 bridgehead atoms. The summed E-state index contributed by atoms with van der Waals surface area (Å²) in [6.45, 7) is 5.25. The predicted molar refractivity (Wildman–Crippen MR) is 95.5 cm³/mol. The Hall–Kier alpha value is -0.490. The van der Waals surface area contributed by atoms with Crippen LogP contribution in [0, 0.1) is 22.3 Å². The number of aliphatic hydroxyl groups is 1. The first-order valence-corrected chi connectivity index (χ1v) is 9.42. The van der Waals surface area contributed by atoms with E-state index in [4.69, 9.17) is 9.47 Å². The topological polar surface area (TPSA) is 38.7 Å². The third-order valence-corrected chi connectivity index (χ3v) is 6.32. The summed E-state index contributed by atoms with van der Waals surface area (Å²) in [5.74, 6) is 3.41. The lowest BCUT2D eigenvalue weighted by molar-refractivity contribution is -0.0324. The van der Waals surface area contributed by atoms with E-state index in [1.807, 2.05) is 0 Å². The van der Waals surface area contributed by atoms with Crippen molar-refractivity contribution in [3.05, 3.63) is 20.8 Å². The second-order valence-corrected chi connectivity index (χ2v) is 7.93. The smallest absolute Gasteiger partial charge is 0.197 e. The third kappa shape index (κ3) is 3.53. The Morgan fingerprint density at radius 1 is 1.27 bits per heavy atom. The fourth-order valence-electron chi connectivity index (χ4n) is 3.39. The van der Waals surface area contributed by atoms with E-state index in [2.05, 4.69) is 42.5 Å². The average Bonchev–Trinajstić information content (AvgIpc) is 2.52. The van der Waals surface area contributed by atoms with Gasteiger partial charge in [-0.1, -0.05) is 19.8 Å². The standard InChI is InChI=1S/C18H25IO3/c1-11-3-5-13(6-4-11)10-21-15-9-14-7-8-16(20)22-18(14)17(19)12(15)2/h9,11,13,16,20H,3-8,10H2,1-2H3. The van der Waals surface area contributed by atoms with Gasteiger partial charge in [0.1, 0.15) is 11.5 Å². The van der Waals surface area contributed by atoms with Crippen molar-refractivity contribution >= 4 is 22.6 Å². The first kappa shape index (κ1) is 16.4. The minimum Gasteiger partial charge on any atom is -0.493 e. The van der Waals surface area contributed by atoms with E-state index < -0.39 is 6.29 Å². The highest BCUT2D eigenvalue weighted by molar-refractivity contribution is 14.1. The van der Waals surface area contributed by atoms with Crippen LogP contribution in [0.3, 0.4) is 0 Å². The van der Waals surface area contributed by atoms with Crippen LogP contribution in [0.1, 0.15) is 50.2 Å². The molecule has 3 rings (SSSR count). The maximum absolute atomic E-state index is 9.68. The lowest BCUT2D eigenvalue weighted by Gasteiger charge is -2.28. The summed E-state index contributed by atoms with van der Waals surface area (Å²) in [5.41, 5.74) is 2.28. The number of rotatable bonds is 3. The van der Waals surface area contributed by atoms with Gasteiger partial charge in [0.05, 0.1) is 10.2 Å². The molecule has 1 saturated carbocycles. The normalized spacial score (nSPS) is 27.9. The Morgan fingerprint density at radius 2 is 2.00 bits per heavy atom. The highest BCUT2D eigenvalue weighted by Crippen LogP contribution is 2.39. The Bertz CT molecular complexity index is 536. The third-order valence-electron chi connectivity index (χ3n) is 5.02. The van der Waals surface area contributed by atoms with E-state index in [0.29, 0.717) is 12.3 Å². The van der Waals surface area contributed by atoms with Crippen LogP contribution in [-0.4, -0.2) is 18.0 Å². The number of hydrogen-bond acceptors (Lipinski definition) is 3. The number of benzene rings is 1. The Labute approximate surface area is 146 Å². The van der Waals surface area contributed by atoms with Crippen molar-refractivity contribution < 1.29 is 14.6 Å². The van der Waals surface area contributed by atoms with E-state index in [0.717, 1.165) is 45.1 Å². The molecule has 1 aliphatic heterocycles. The molecule has 1 aromatic carbocycles. The molecule has 122 valence electrons. The molecule has 1 unspecified atom stereocenters. The Kier molecular flexibility index (Phi) is 5.17. The second kappa shape index (κ2) is 6.95. The number of hydrogen-bond donors (Lipinski definition) is 1. The molecule has 0 spiro atoms. The number of fused-ring (bicyclic) bond motifs is 1. The average molecular weight is 416 g/mol. The van der Waals surface area contributed by atoms with Crippen LogP contribution in [0.4, 0.5) is 0 Å². The zero-order valence-electron chi connectivity index (χ0n) is 13.4. The van der Waals surface area contributed by atoms with Crippen LogP contribution in [0.25, 0.3) is 0 Å². The number of ether oxygens (including phenoxy) is 2. The maximum atomic E-state index is 9.68. The molecule has 1 N–H and O–H groups in total. The van der Waals surface area contributed by atoms with Crippen LogP contribution in [0.15, 0.2) is 6.07 Å². The van der Waals surface area contributed by atoms with E-state index in [1.54, 1.807) is 0 Å². The van der Waals surface area contributed by atoms with Crippen molar-refractivity contribution in [2.45, 2.75) is 58.7 Å². The molecule has 2 aliphatic rings. The van der Waals surface area contributed by atoms with Gasteiger partial charge < -0.3 is 14.6 Å². The molecule has 4 heteroatoms. The van der Waals surface area contributed by atoms with Crippen LogP contribution in [0.2, 0.25) is 0 Å². The summed E-state index contributed by atoms with van der Waals surface area (Å²) in [4.78, 5) is 0. The molecule has 0 radical (unpaired) electrons. The Morgan fingerprint density at radius 3 is 2.73 bits per heavy atom. The minimum atomic E-state index is -0.670. The van der Waals surface area contributed by atoms with Gasteiger partial charge in [0.2, 0.25) is 0 Å². The molecule has 0 amide bonds. The van der Waals surface area contributed by atoms with Gasteiger partial charge in [0, 0.05) is 12.0 Å². The van der Waals surface area contributed by atoms with Crippen LogP contribution >= 0.6 is 22.6 Å². The van der Waals surface area contributed by atoms with Crippen molar-refractivity contribution in [1.29, 1.82) is 0 Å². The van der Waals surface area contributed by atoms with Crippen molar-refractivity contribution in [2.75, 3.05) is 6.61 Å². The second-order valence-electron chi connectivity index (χ2n) is 6.85. The minimum absolute atomic E-state index is 0.659. The van der Waals surface area contributed by atoms with Gasteiger partial charge in [-0.2, -0.15) is 0 Å². The molecular weight excluding hydrogens is 391 g/mol. The Balaban J connectivity index is 1.70. The molecule has 22 heavy (non-hydrogen) atoms. The van der Waals surface area contributed by atoms with E-state index in [-0.39, 0.29) is 0 Å². The zero-order valence-corrected chi connectivity index (χ0v) is 15.6. The summed E-state index contributed by atoms with van der Waals surface area (Å²) in [6.07, 6.45) is 6.09. The summed E-state index contributed by atoms with van der Waals surface area (Å²) in [6, 6.07) is 2.12. The molecule has 1 aromatic rings. The molecule has 1 atom stereocenters. The largest absolute Gasteiger partial charge is 0.493 e. The van der Waals surface area contributed by atoms with E-state index in [9.17, 15) is 5.11 Å². The van der Waals surface area contributed by atoms with Gasteiger partial charge in [0.25, 0.3) is 0 Å². The lowest BCUT2D eigenvalue weighted by Crippen LogP contribution is -2.23. The summed E-state index contributed by atoms with van der Waals surface area (Å²) in [5, 5.41) is 9.68. The van der Waals surface area contributed by atoms with Crippen molar-refractivity contribution in [3.63, 3.8) is 0 Å². The van der Waals surface area contributed by atoms with E-state index >= 15 is 0 Å². The number of aliphatic hydroxyl groups excluding tert-OH is 1. The van der Waals surface area contributed by atoms with Gasteiger partial charge in [-0.25, -0.2) is 0 Å². The quantitative estimate of drug-likeness (QED) is 0.741. The number of halogens is 1. The maximum Gasteiger partial charge on any atom is 0.197 e. The van der Waals surface area contributed by atoms with Gasteiger partial charge in [-0.3, -0.25) is 0 Å². The highest BCUT2D eigenvalue weighted by atomic mass is 127. The lowest BCUT2D eigenvalue weighted by atomic mass is 9.83. The highest BCUT2D eigenvalue weighted by Gasteiger charge is 2.24. The van der Waals surface area contributed by atoms with Crippen LogP contribution < -0.4 is 9.47 Å². The summed E-state index contributed by atoms with van der Waals surface area (Å²) >= 11 is 2.30. The first-order chi connectivity index (χ1) is 10.5. The molecular formula is C18H25IO3. The van der Waals surface area contributed by atoms with Crippen LogP contribution in [0.5, 0.6) is 11.5 Å². The molecule has 3 nitrogen and oxygen atoms in total. The van der Waals surface area contributed by atoms with E-state index in [1.165, 1.54) is 25.7 Å². The summed E-state index contributed by atoms with van der Waals surface area (Å²) < 4.78 is 12.8. The molecule has 1 aliphatic carbocycles. The van der Waals surface area contributed by atoms with Gasteiger partial charge in [-0.15, -0.1) is 0 Å². The SMILES string of the molecule is Cc1c(OCC2CCC(C)CC2)cc2c(c1I)OC(O)CC2. The van der Waals surface area contributed by atoms with Gasteiger partial charge in [-0.05, 0) is 72.2 Å². The van der Waals surface area contributed by atoms with Crippen molar-refractivity contribution in [2.24, 2.45) is 11.8 Å². The fraction of sp³-hybridized carbons (Fsp3) is 0.667. The molecule has 1 fully saturated rings. The summed E-state index contributed by atoms with van der Waals surface area (Å²) in [7, 11) is 0. The van der Waals surface area contributed by atoms with Gasteiger partial charge >= 0.3 is 0 Å². The van der Waals surface area contributed by atoms with Crippen molar-refractivity contribution in [3.8, 4) is 11.5 Å². The predicted octanol–water partition coefficient (Wildman–Crippen LogP) is 4.45. The van der Waals surface area contributed by atoms with Crippen LogP contribution in [-0.2, 0) is 6.42 Å². The van der Waals surface area contributed by atoms with Gasteiger partial charge in [0.15, 0.2) is 6.29 Å².